The number of carbonyl (C=O) groups excluding carboxylic acids is 1. The summed E-state index contributed by atoms with van der Waals surface area (Å²) in [6.07, 6.45) is 6.22. The zero-order valence-electron chi connectivity index (χ0n) is 15.5. The van der Waals surface area contributed by atoms with E-state index in [1.807, 2.05) is 25.1 Å². The second kappa shape index (κ2) is 7.83. The Bertz CT molecular complexity index is 724. The zero-order chi connectivity index (χ0) is 17.8. The van der Waals surface area contributed by atoms with E-state index < -0.39 is 0 Å². The third-order valence-corrected chi connectivity index (χ3v) is 5.24. The number of amides is 1. The minimum Gasteiger partial charge on any atom is -0.344 e. The first kappa shape index (κ1) is 17.7. The van der Waals surface area contributed by atoms with Gasteiger partial charge in [0.05, 0.1) is 0 Å². The Morgan fingerprint density at radius 3 is 2.80 bits per heavy atom. The Kier molecular flexibility index (Phi) is 5.53. The highest BCUT2D eigenvalue weighted by atomic mass is 16.2. The van der Waals surface area contributed by atoms with Gasteiger partial charge in [-0.15, -0.1) is 0 Å². The summed E-state index contributed by atoms with van der Waals surface area (Å²) in [5.41, 5.74) is 2.83. The maximum absolute atomic E-state index is 12.5. The quantitative estimate of drug-likeness (QED) is 0.811. The highest BCUT2D eigenvalue weighted by molar-refractivity contribution is 5.75. The third-order valence-electron chi connectivity index (χ3n) is 5.24. The molecule has 0 saturated heterocycles. The zero-order valence-corrected chi connectivity index (χ0v) is 15.5. The molecule has 1 aromatic heterocycles. The Labute approximate surface area is 150 Å². The van der Waals surface area contributed by atoms with Gasteiger partial charge in [0.25, 0.3) is 0 Å². The van der Waals surface area contributed by atoms with E-state index in [0.29, 0.717) is 12.5 Å². The first-order valence-electron chi connectivity index (χ1n) is 9.03. The van der Waals surface area contributed by atoms with Crippen molar-refractivity contribution in [1.29, 1.82) is 0 Å². The van der Waals surface area contributed by atoms with Gasteiger partial charge in [0.1, 0.15) is 5.82 Å². The lowest BCUT2D eigenvalue weighted by atomic mass is 9.94. The number of nitrogens with zero attached hydrogens (tertiary/aromatic N) is 4. The number of carbonyl (C=O) groups is 1. The summed E-state index contributed by atoms with van der Waals surface area (Å²) in [4.78, 5) is 20.9. The van der Waals surface area contributed by atoms with E-state index >= 15 is 0 Å². The van der Waals surface area contributed by atoms with Crippen molar-refractivity contribution in [2.24, 2.45) is 0 Å². The van der Waals surface area contributed by atoms with E-state index in [4.69, 9.17) is 0 Å². The molecule has 2 aromatic rings. The average Bonchev–Trinajstić information content (AvgIpc) is 3.00. The SMILES string of the molecule is Cc1nccn1CCCC(=O)N(C)C[C@H]1Cc2ccccc2CN1C. The average molecular weight is 340 g/mol. The van der Waals surface area contributed by atoms with E-state index in [1.54, 1.807) is 6.20 Å². The van der Waals surface area contributed by atoms with E-state index in [1.165, 1.54) is 11.1 Å². The molecule has 1 amide bonds. The largest absolute Gasteiger partial charge is 0.344 e. The van der Waals surface area contributed by atoms with Gasteiger partial charge in [-0.2, -0.15) is 0 Å². The van der Waals surface area contributed by atoms with Gasteiger partial charge < -0.3 is 9.47 Å². The summed E-state index contributed by atoms with van der Waals surface area (Å²) in [5.74, 6) is 1.23. The second-order valence-electron chi connectivity index (χ2n) is 7.09. The van der Waals surface area contributed by atoms with E-state index in [9.17, 15) is 4.79 Å². The summed E-state index contributed by atoms with van der Waals surface area (Å²) >= 11 is 0. The lowest BCUT2D eigenvalue weighted by Crippen LogP contribution is -2.46. The molecule has 25 heavy (non-hydrogen) atoms. The molecule has 5 heteroatoms. The maximum Gasteiger partial charge on any atom is 0.222 e. The van der Waals surface area contributed by atoms with Crippen LogP contribution in [0.4, 0.5) is 0 Å². The van der Waals surface area contributed by atoms with Crippen molar-refractivity contribution in [3.8, 4) is 0 Å². The fourth-order valence-electron chi connectivity index (χ4n) is 3.57. The number of hydrogen-bond donors (Lipinski definition) is 0. The summed E-state index contributed by atoms with van der Waals surface area (Å²) in [6.45, 7) is 4.59. The highest BCUT2D eigenvalue weighted by Gasteiger charge is 2.25. The van der Waals surface area contributed by atoms with Crippen molar-refractivity contribution in [3.63, 3.8) is 0 Å². The fourth-order valence-corrected chi connectivity index (χ4v) is 3.57. The van der Waals surface area contributed by atoms with Gasteiger partial charge >= 0.3 is 0 Å². The van der Waals surface area contributed by atoms with Crippen LogP contribution in [-0.2, 0) is 24.3 Å². The molecule has 0 unspecified atom stereocenters. The van der Waals surface area contributed by atoms with Crippen LogP contribution >= 0.6 is 0 Å². The van der Waals surface area contributed by atoms with Crippen LogP contribution in [-0.4, -0.2) is 51.9 Å². The maximum atomic E-state index is 12.5. The minimum absolute atomic E-state index is 0.227. The lowest BCUT2D eigenvalue weighted by molar-refractivity contribution is -0.130. The lowest BCUT2D eigenvalue weighted by Gasteiger charge is -2.36. The van der Waals surface area contributed by atoms with E-state index in [0.717, 1.165) is 38.3 Å². The Balaban J connectivity index is 1.49. The van der Waals surface area contributed by atoms with Crippen LogP contribution < -0.4 is 0 Å². The summed E-state index contributed by atoms with van der Waals surface area (Å²) in [5, 5.41) is 0. The van der Waals surface area contributed by atoms with Crippen LogP contribution in [0.25, 0.3) is 0 Å². The molecule has 1 aliphatic heterocycles. The molecule has 1 aromatic carbocycles. The normalized spacial score (nSPS) is 17.3. The fraction of sp³-hybridized carbons (Fsp3) is 0.500. The topological polar surface area (TPSA) is 41.4 Å². The highest BCUT2D eigenvalue weighted by Crippen LogP contribution is 2.22. The predicted molar refractivity (Wildman–Crippen MR) is 99.2 cm³/mol. The number of likely N-dealkylation sites (N-methyl/N-ethyl adjacent to an activating group) is 2. The first-order chi connectivity index (χ1) is 12.0. The van der Waals surface area contributed by atoms with E-state index in [-0.39, 0.29) is 5.91 Å². The molecule has 0 bridgehead atoms. The molecule has 0 aliphatic carbocycles. The summed E-state index contributed by atoms with van der Waals surface area (Å²) < 4.78 is 2.10. The van der Waals surface area contributed by atoms with Crippen molar-refractivity contribution in [2.45, 2.75) is 45.3 Å². The summed E-state index contributed by atoms with van der Waals surface area (Å²) in [7, 11) is 4.08. The molecular weight excluding hydrogens is 312 g/mol. The number of fused-ring (bicyclic) bond motifs is 1. The summed E-state index contributed by atoms with van der Waals surface area (Å²) in [6, 6.07) is 9.01. The Morgan fingerprint density at radius 2 is 2.08 bits per heavy atom. The van der Waals surface area contributed by atoms with Crippen molar-refractivity contribution in [1.82, 2.24) is 19.4 Å². The van der Waals surface area contributed by atoms with Gasteiger partial charge in [-0.1, -0.05) is 24.3 Å². The number of rotatable bonds is 6. The Hall–Kier alpha value is -2.14. The molecule has 0 fully saturated rings. The molecule has 134 valence electrons. The van der Waals surface area contributed by atoms with Crippen molar-refractivity contribution in [2.75, 3.05) is 20.6 Å². The molecule has 0 spiro atoms. The van der Waals surface area contributed by atoms with Gasteiger partial charge in [-0.3, -0.25) is 9.69 Å². The van der Waals surface area contributed by atoms with Gasteiger partial charge in [0.15, 0.2) is 0 Å². The number of imidazole rings is 1. The Morgan fingerprint density at radius 1 is 1.32 bits per heavy atom. The van der Waals surface area contributed by atoms with Crippen LogP contribution in [0.15, 0.2) is 36.7 Å². The molecule has 0 N–H and O–H groups in total. The number of aryl methyl sites for hydroxylation is 2. The third kappa shape index (κ3) is 4.28. The van der Waals surface area contributed by atoms with Crippen molar-refractivity contribution in [3.05, 3.63) is 53.6 Å². The van der Waals surface area contributed by atoms with Crippen LogP contribution in [0.3, 0.4) is 0 Å². The van der Waals surface area contributed by atoms with Crippen LogP contribution in [0.5, 0.6) is 0 Å². The van der Waals surface area contributed by atoms with Gasteiger partial charge in [0, 0.05) is 51.5 Å². The molecular formula is C20H28N4O. The molecule has 0 saturated carbocycles. The standard InChI is InChI=1S/C20H28N4O/c1-16-21-10-12-24(16)11-6-9-20(25)23(3)15-19-13-17-7-4-5-8-18(17)14-22(19)2/h4-5,7-8,10,12,19H,6,9,11,13-15H2,1-3H3/t19-/m1/s1. The van der Waals surface area contributed by atoms with Gasteiger partial charge in [-0.05, 0) is 37.9 Å². The smallest absolute Gasteiger partial charge is 0.222 e. The van der Waals surface area contributed by atoms with Gasteiger partial charge in [-0.25, -0.2) is 4.98 Å². The predicted octanol–water partition coefficient (Wildman–Crippen LogP) is 2.49. The first-order valence-corrected chi connectivity index (χ1v) is 9.03. The molecule has 2 heterocycles. The number of benzene rings is 1. The number of aromatic nitrogens is 2. The van der Waals surface area contributed by atoms with Gasteiger partial charge in [0.2, 0.25) is 5.91 Å². The molecule has 3 rings (SSSR count). The van der Waals surface area contributed by atoms with E-state index in [2.05, 4.69) is 45.8 Å². The van der Waals surface area contributed by atoms with Crippen LogP contribution in [0, 0.1) is 6.92 Å². The molecule has 5 nitrogen and oxygen atoms in total. The van der Waals surface area contributed by atoms with Crippen molar-refractivity contribution < 1.29 is 4.79 Å². The number of hydrogen-bond acceptors (Lipinski definition) is 3. The monoisotopic (exact) mass is 340 g/mol. The minimum atomic E-state index is 0.227. The second-order valence-corrected chi connectivity index (χ2v) is 7.09. The van der Waals surface area contributed by atoms with Crippen LogP contribution in [0.2, 0.25) is 0 Å². The molecule has 0 radical (unpaired) electrons. The van der Waals surface area contributed by atoms with Crippen molar-refractivity contribution >= 4 is 5.91 Å². The van der Waals surface area contributed by atoms with Crippen LogP contribution in [0.1, 0.15) is 29.8 Å². The molecule has 1 aliphatic rings. The molecule has 1 atom stereocenters.